The maximum Gasteiger partial charge on any atom is 0.419 e. The summed E-state index contributed by atoms with van der Waals surface area (Å²) in [5, 5.41) is 8.69. The normalized spacial score (nSPS) is 30.0. The molecule has 0 aromatic rings. The van der Waals surface area contributed by atoms with Gasteiger partial charge in [0.15, 0.2) is 5.60 Å². The first-order valence-corrected chi connectivity index (χ1v) is 7.63. The summed E-state index contributed by atoms with van der Waals surface area (Å²) in [4.78, 5) is 1.90. The molecule has 0 radical (unpaired) electrons. The van der Waals surface area contributed by atoms with E-state index in [9.17, 15) is 13.2 Å². The Labute approximate surface area is 124 Å². The minimum Gasteiger partial charge on any atom is -0.360 e. The second-order valence-electron chi connectivity index (χ2n) is 6.60. The molecule has 2 fully saturated rings. The summed E-state index contributed by atoms with van der Waals surface area (Å²) >= 11 is 0. The Morgan fingerprint density at radius 2 is 1.81 bits per heavy atom. The van der Waals surface area contributed by atoms with Crippen molar-refractivity contribution in [3.63, 3.8) is 0 Å². The van der Waals surface area contributed by atoms with Gasteiger partial charge in [0.25, 0.3) is 0 Å². The highest BCUT2D eigenvalue weighted by Gasteiger charge is 2.64. The molecule has 0 atom stereocenters. The minimum atomic E-state index is -4.31. The Kier molecular flexibility index (Phi) is 4.84. The van der Waals surface area contributed by atoms with Crippen LogP contribution in [0.5, 0.6) is 0 Å². The predicted molar refractivity (Wildman–Crippen MR) is 72.6 cm³/mol. The van der Waals surface area contributed by atoms with E-state index >= 15 is 0 Å². The molecule has 1 heterocycles. The smallest absolute Gasteiger partial charge is 0.360 e. The molecule has 1 aliphatic carbocycles. The van der Waals surface area contributed by atoms with Gasteiger partial charge in [-0.15, -0.1) is 0 Å². The Balaban J connectivity index is 1.88. The fourth-order valence-electron chi connectivity index (χ4n) is 3.48. The van der Waals surface area contributed by atoms with Crippen LogP contribution in [0.3, 0.4) is 0 Å². The average Bonchev–Trinajstić information content (AvgIpc) is 2.33. The number of nitrogens with zero attached hydrogens (tertiary/aromatic N) is 2. The highest BCUT2D eigenvalue weighted by Crippen LogP contribution is 2.44. The Hall–Kier alpha value is -0.800. The van der Waals surface area contributed by atoms with Gasteiger partial charge in [0.1, 0.15) is 0 Å². The molecule has 6 heteroatoms. The van der Waals surface area contributed by atoms with Gasteiger partial charge in [-0.25, -0.2) is 0 Å². The standard InChI is InChI=1S/C15H23F3N2O/c1-11(2)21-14(15(16,17)18)9-20(10-14)13-5-3-12(4-6-13)7-8-19/h11-13H,3-7,9-10H2,1-2H3/t12-,13-. The minimum absolute atomic E-state index is 0.0533. The number of ether oxygens (including phenoxy) is 1. The summed E-state index contributed by atoms with van der Waals surface area (Å²) in [5.74, 6) is 0.423. The molecule has 2 aliphatic rings. The zero-order valence-corrected chi connectivity index (χ0v) is 12.6. The van der Waals surface area contributed by atoms with Crippen LogP contribution in [0.25, 0.3) is 0 Å². The predicted octanol–water partition coefficient (Wildman–Crippen LogP) is 3.50. The summed E-state index contributed by atoms with van der Waals surface area (Å²) in [6.07, 6.45) is -0.511. The number of hydrogen-bond acceptors (Lipinski definition) is 3. The molecule has 1 aliphatic heterocycles. The molecule has 0 bridgehead atoms. The van der Waals surface area contributed by atoms with Crippen LogP contribution in [0.1, 0.15) is 46.0 Å². The monoisotopic (exact) mass is 304 g/mol. The molecule has 0 aromatic carbocycles. The van der Waals surface area contributed by atoms with Gasteiger partial charge in [-0.3, -0.25) is 4.90 Å². The second kappa shape index (κ2) is 6.13. The highest BCUT2D eigenvalue weighted by atomic mass is 19.4. The third-order valence-electron chi connectivity index (χ3n) is 4.61. The topological polar surface area (TPSA) is 36.3 Å². The average molecular weight is 304 g/mol. The van der Waals surface area contributed by atoms with Gasteiger partial charge < -0.3 is 4.74 Å². The van der Waals surface area contributed by atoms with E-state index in [2.05, 4.69) is 6.07 Å². The summed E-state index contributed by atoms with van der Waals surface area (Å²) in [6.45, 7) is 3.18. The van der Waals surface area contributed by atoms with Crippen LogP contribution in [0.2, 0.25) is 0 Å². The zero-order valence-electron chi connectivity index (χ0n) is 12.6. The van der Waals surface area contributed by atoms with Crippen molar-refractivity contribution < 1.29 is 17.9 Å². The second-order valence-corrected chi connectivity index (χ2v) is 6.60. The number of nitriles is 1. The number of likely N-dealkylation sites (tertiary alicyclic amines) is 1. The molecule has 0 unspecified atom stereocenters. The molecule has 3 nitrogen and oxygen atoms in total. The Bertz CT molecular complexity index is 389. The zero-order chi connectivity index (χ0) is 15.7. The first-order valence-electron chi connectivity index (χ1n) is 7.63. The van der Waals surface area contributed by atoms with Gasteiger partial charge in [0, 0.05) is 25.6 Å². The lowest BCUT2D eigenvalue weighted by atomic mass is 9.80. The van der Waals surface area contributed by atoms with Gasteiger partial charge in [0.05, 0.1) is 12.2 Å². The SMILES string of the molecule is CC(C)OC1(C(F)(F)F)CN([C@H]2CC[C@H](CC#N)CC2)C1. The Morgan fingerprint density at radius 3 is 2.24 bits per heavy atom. The van der Waals surface area contributed by atoms with Crippen molar-refractivity contribution in [2.45, 2.75) is 69.9 Å². The molecule has 0 amide bonds. The van der Waals surface area contributed by atoms with Crippen molar-refractivity contribution in [3.8, 4) is 6.07 Å². The quantitative estimate of drug-likeness (QED) is 0.797. The molecule has 1 saturated carbocycles. The number of alkyl halides is 3. The van der Waals surface area contributed by atoms with Gasteiger partial charge >= 0.3 is 6.18 Å². The van der Waals surface area contributed by atoms with E-state index in [4.69, 9.17) is 10.00 Å². The van der Waals surface area contributed by atoms with Crippen LogP contribution in [0.4, 0.5) is 13.2 Å². The van der Waals surface area contributed by atoms with Crippen molar-refractivity contribution in [1.82, 2.24) is 4.90 Å². The summed E-state index contributed by atoms with van der Waals surface area (Å²) in [5.41, 5.74) is -1.98. The molecule has 2 rings (SSSR count). The van der Waals surface area contributed by atoms with E-state index in [-0.39, 0.29) is 19.1 Å². The third-order valence-corrected chi connectivity index (χ3v) is 4.61. The Morgan fingerprint density at radius 1 is 1.24 bits per heavy atom. The lowest BCUT2D eigenvalue weighted by Gasteiger charge is -2.54. The first kappa shape index (κ1) is 16.6. The van der Waals surface area contributed by atoms with Gasteiger partial charge in [-0.05, 0) is 45.4 Å². The van der Waals surface area contributed by atoms with Crippen molar-refractivity contribution in [3.05, 3.63) is 0 Å². The number of rotatable bonds is 4. The molecule has 0 aromatic heterocycles. The lowest BCUT2D eigenvalue weighted by Crippen LogP contribution is -2.72. The van der Waals surface area contributed by atoms with E-state index in [1.165, 1.54) is 0 Å². The van der Waals surface area contributed by atoms with Crippen LogP contribution in [-0.2, 0) is 4.74 Å². The third kappa shape index (κ3) is 3.51. The maximum atomic E-state index is 13.2. The highest BCUT2D eigenvalue weighted by molar-refractivity contribution is 5.05. The molecule has 120 valence electrons. The van der Waals surface area contributed by atoms with Crippen LogP contribution < -0.4 is 0 Å². The molecular formula is C15H23F3N2O. The fourth-order valence-corrected chi connectivity index (χ4v) is 3.48. The van der Waals surface area contributed by atoms with Crippen molar-refractivity contribution in [2.75, 3.05) is 13.1 Å². The molecule has 21 heavy (non-hydrogen) atoms. The molecule has 0 N–H and O–H groups in total. The van der Waals surface area contributed by atoms with Crippen LogP contribution >= 0.6 is 0 Å². The largest absolute Gasteiger partial charge is 0.419 e. The molecular weight excluding hydrogens is 281 g/mol. The van der Waals surface area contributed by atoms with Gasteiger partial charge in [-0.2, -0.15) is 18.4 Å². The lowest BCUT2D eigenvalue weighted by molar-refractivity contribution is -0.332. The summed E-state index contributed by atoms with van der Waals surface area (Å²) in [7, 11) is 0. The van der Waals surface area contributed by atoms with E-state index in [1.54, 1.807) is 13.8 Å². The maximum absolute atomic E-state index is 13.2. The van der Waals surface area contributed by atoms with Gasteiger partial charge in [0.2, 0.25) is 0 Å². The van der Waals surface area contributed by atoms with Crippen molar-refractivity contribution >= 4 is 0 Å². The van der Waals surface area contributed by atoms with Crippen LogP contribution in [0, 0.1) is 17.2 Å². The summed E-state index contributed by atoms with van der Waals surface area (Å²) < 4.78 is 44.9. The number of hydrogen-bond donors (Lipinski definition) is 0. The van der Waals surface area contributed by atoms with E-state index in [0.29, 0.717) is 12.3 Å². The van der Waals surface area contributed by atoms with Crippen molar-refractivity contribution in [1.29, 1.82) is 5.26 Å². The fraction of sp³-hybridized carbons (Fsp3) is 0.933. The summed E-state index contributed by atoms with van der Waals surface area (Å²) in [6, 6.07) is 2.40. The van der Waals surface area contributed by atoms with Crippen molar-refractivity contribution in [2.24, 2.45) is 5.92 Å². The molecule has 1 saturated heterocycles. The van der Waals surface area contributed by atoms with E-state index in [1.807, 2.05) is 4.90 Å². The van der Waals surface area contributed by atoms with E-state index in [0.717, 1.165) is 25.7 Å². The van der Waals surface area contributed by atoms with Crippen LogP contribution in [-0.4, -0.2) is 41.9 Å². The van der Waals surface area contributed by atoms with E-state index < -0.39 is 17.9 Å². The van der Waals surface area contributed by atoms with Gasteiger partial charge in [-0.1, -0.05) is 0 Å². The van der Waals surface area contributed by atoms with Crippen LogP contribution in [0.15, 0.2) is 0 Å². The first-order chi connectivity index (χ1) is 9.77. The number of halogens is 3. The molecule has 0 spiro atoms.